The van der Waals surface area contributed by atoms with E-state index in [0.29, 0.717) is 0 Å². The molecule has 0 atom stereocenters. The molecule has 2 N–H and O–H groups in total. The van der Waals surface area contributed by atoms with Crippen LogP contribution in [0.15, 0.2) is 12.1 Å². The van der Waals surface area contributed by atoms with Crippen molar-refractivity contribution in [3.05, 3.63) is 23.3 Å². The van der Waals surface area contributed by atoms with E-state index in [1.807, 2.05) is 19.1 Å². The molecule has 0 amide bonds. The first kappa shape index (κ1) is 14.8. The Morgan fingerprint density at radius 1 is 1.00 bits per heavy atom. The number of aryl methyl sites for hydroxylation is 1. The molecule has 0 aliphatic rings. The fourth-order valence-corrected chi connectivity index (χ4v) is 1.83. The molecule has 1 rings (SSSR count). The Bertz CT molecular complexity index is 367. The average molecular weight is 252 g/mol. The summed E-state index contributed by atoms with van der Waals surface area (Å²) in [6, 6.07) is 4.05. The molecule has 0 spiro atoms. The van der Waals surface area contributed by atoms with Crippen molar-refractivity contribution in [1.82, 2.24) is 10.6 Å². The van der Waals surface area contributed by atoms with Gasteiger partial charge in [-0.1, -0.05) is 6.92 Å². The summed E-state index contributed by atoms with van der Waals surface area (Å²) in [6.45, 7) is 7.82. The molecule has 102 valence electrons. The molecule has 0 unspecified atom stereocenters. The zero-order chi connectivity index (χ0) is 13.4. The van der Waals surface area contributed by atoms with Crippen molar-refractivity contribution in [2.45, 2.75) is 20.4 Å². The Hall–Kier alpha value is -1.26. The summed E-state index contributed by atoms with van der Waals surface area (Å²) in [5, 5.41) is 6.66. The van der Waals surface area contributed by atoms with Crippen LogP contribution in [0.4, 0.5) is 0 Å². The van der Waals surface area contributed by atoms with Gasteiger partial charge in [0.25, 0.3) is 0 Å². The summed E-state index contributed by atoms with van der Waals surface area (Å²) in [5.41, 5.74) is 2.21. The van der Waals surface area contributed by atoms with Gasteiger partial charge in [-0.25, -0.2) is 0 Å². The highest BCUT2D eigenvalue weighted by atomic mass is 16.5. The van der Waals surface area contributed by atoms with Crippen LogP contribution in [0.25, 0.3) is 0 Å². The van der Waals surface area contributed by atoms with Crippen LogP contribution >= 0.6 is 0 Å². The lowest BCUT2D eigenvalue weighted by atomic mass is 10.1. The van der Waals surface area contributed by atoms with Crippen LogP contribution in [0.1, 0.15) is 18.1 Å². The Balaban J connectivity index is 2.62. The van der Waals surface area contributed by atoms with Gasteiger partial charge in [-0.15, -0.1) is 0 Å². The Labute approximate surface area is 110 Å². The standard InChI is InChI=1S/C14H24N2O2/c1-5-15-6-7-16-10-12-9-13(17-3)11(2)8-14(12)18-4/h8-9,15-16H,5-7,10H2,1-4H3. The predicted octanol–water partition coefficient (Wildman–Crippen LogP) is 1.71. The van der Waals surface area contributed by atoms with Gasteiger partial charge in [0.1, 0.15) is 11.5 Å². The van der Waals surface area contributed by atoms with Gasteiger partial charge in [-0.05, 0) is 31.2 Å². The minimum Gasteiger partial charge on any atom is -0.496 e. The van der Waals surface area contributed by atoms with Crippen molar-refractivity contribution in [1.29, 1.82) is 0 Å². The highest BCUT2D eigenvalue weighted by Gasteiger charge is 2.07. The molecule has 0 radical (unpaired) electrons. The molecule has 0 aliphatic carbocycles. The molecule has 4 nitrogen and oxygen atoms in total. The third-order valence-corrected chi connectivity index (χ3v) is 2.84. The van der Waals surface area contributed by atoms with Crippen LogP contribution < -0.4 is 20.1 Å². The van der Waals surface area contributed by atoms with Gasteiger partial charge in [0.05, 0.1) is 14.2 Å². The lowest BCUT2D eigenvalue weighted by Crippen LogP contribution is -2.26. The second kappa shape index (κ2) is 7.95. The lowest BCUT2D eigenvalue weighted by Gasteiger charge is -2.13. The number of ether oxygens (including phenoxy) is 2. The molecule has 0 saturated carbocycles. The Morgan fingerprint density at radius 2 is 1.67 bits per heavy atom. The first-order valence-corrected chi connectivity index (χ1v) is 6.35. The van der Waals surface area contributed by atoms with E-state index < -0.39 is 0 Å². The van der Waals surface area contributed by atoms with Crippen molar-refractivity contribution in [3.63, 3.8) is 0 Å². The molecular weight excluding hydrogens is 228 g/mol. The highest BCUT2D eigenvalue weighted by molar-refractivity contribution is 5.45. The number of methoxy groups -OCH3 is 2. The number of hydrogen-bond acceptors (Lipinski definition) is 4. The maximum atomic E-state index is 5.39. The van der Waals surface area contributed by atoms with Gasteiger partial charge >= 0.3 is 0 Å². The van der Waals surface area contributed by atoms with Gasteiger partial charge < -0.3 is 20.1 Å². The van der Waals surface area contributed by atoms with Gasteiger partial charge in [0, 0.05) is 25.2 Å². The smallest absolute Gasteiger partial charge is 0.123 e. The average Bonchev–Trinajstić information content (AvgIpc) is 2.39. The molecule has 0 aromatic heterocycles. The first-order valence-electron chi connectivity index (χ1n) is 6.35. The summed E-state index contributed by atoms with van der Waals surface area (Å²) in [4.78, 5) is 0. The third kappa shape index (κ3) is 4.20. The number of nitrogens with one attached hydrogen (secondary N) is 2. The van der Waals surface area contributed by atoms with Crippen molar-refractivity contribution in [2.24, 2.45) is 0 Å². The summed E-state index contributed by atoms with van der Waals surface area (Å²) in [7, 11) is 3.39. The molecule has 1 aromatic carbocycles. The quantitative estimate of drug-likeness (QED) is 0.691. The fraction of sp³-hybridized carbons (Fsp3) is 0.571. The number of benzene rings is 1. The monoisotopic (exact) mass is 252 g/mol. The van der Waals surface area contributed by atoms with E-state index in [9.17, 15) is 0 Å². The highest BCUT2D eigenvalue weighted by Crippen LogP contribution is 2.27. The lowest BCUT2D eigenvalue weighted by molar-refractivity contribution is 0.394. The van der Waals surface area contributed by atoms with Gasteiger partial charge in [-0.3, -0.25) is 0 Å². The van der Waals surface area contributed by atoms with E-state index in [2.05, 4.69) is 17.6 Å². The van der Waals surface area contributed by atoms with E-state index >= 15 is 0 Å². The molecule has 0 saturated heterocycles. The Kier molecular flexibility index (Phi) is 6.54. The van der Waals surface area contributed by atoms with E-state index in [1.54, 1.807) is 14.2 Å². The normalized spacial score (nSPS) is 10.4. The van der Waals surface area contributed by atoms with E-state index in [1.165, 1.54) is 0 Å². The van der Waals surface area contributed by atoms with E-state index in [0.717, 1.165) is 48.8 Å². The summed E-state index contributed by atoms with van der Waals surface area (Å²) in [6.07, 6.45) is 0. The van der Waals surface area contributed by atoms with Crippen LogP contribution in [-0.2, 0) is 6.54 Å². The zero-order valence-corrected chi connectivity index (χ0v) is 11.8. The summed E-state index contributed by atoms with van der Waals surface area (Å²) in [5.74, 6) is 1.81. The van der Waals surface area contributed by atoms with Crippen molar-refractivity contribution >= 4 is 0 Å². The topological polar surface area (TPSA) is 42.5 Å². The minimum absolute atomic E-state index is 0.783. The molecule has 0 aliphatic heterocycles. The number of rotatable bonds is 8. The molecule has 4 heteroatoms. The summed E-state index contributed by atoms with van der Waals surface area (Å²) < 4.78 is 10.7. The van der Waals surface area contributed by atoms with Crippen LogP contribution in [0, 0.1) is 6.92 Å². The molecule has 18 heavy (non-hydrogen) atoms. The van der Waals surface area contributed by atoms with Crippen molar-refractivity contribution in [2.75, 3.05) is 33.9 Å². The van der Waals surface area contributed by atoms with Crippen LogP contribution in [-0.4, -0.2) is 33.9 Å². The predicted molar refractivity (Wildman–Crippen MR) is 74.5 cm³/mol. The van der Waals surface area contributed by atoms with Crippen LogP contribution in [0.2, 0.25) is 0 Å². The molecule has 0 fully saturated rings. The van der Waals surface area contributed by atoms with E-state index in [-0.39, 0.29) is 0 Å². The minimum atomic E-state index is 0.783. The van der Waals surface area contributed by atoms with Gasteiger partial charge in [0.15, 0.2) is 0 Å². The molecule has 0 bridgehead atoms. The van der Waals surface area contributed by atoms with Crippen LogP contribution in [0.3, 0.4) is 0 Å². The molecular formula is C14H24N2O2. The summed E-state index contributed by atoms with van der Waals surface area (Å²) >= 11 is 0. The maximum Gasteiger partial charge on any atom is 0.123 e. The van der Waals surface area contributed by atoms with Crippen molar-refractivity contribution < 1.29 is 9.47 Å². The largest absolute Gasteiger partial charge is 0.496 e. The maximum absolute atomic E-state index is 5.39. The molecule has 0 heterocycles. The fourth-order valence-electron chi connectivity index (χ4n) is 1.83. The Morgan fingerprint density at radius 3 is 2.28 bits per heavy atom. The van der Waals surface area contributed by atoms with Crippen molar-refractivity contribution in [3.8, 4) is 11.5 Å². The van der Waals surface area contributed by atoms with Crippen LogP contribution in [0.5, 0.6) is 11.5 Å². The third-order valence-electron chi connectivity index (χ3n) is 2.84. The number of likely N-dealkylation sites (N-methyl/N-ethyl adjacent to an activating group) is 1. The molecule has 1 aromatic rings. The second-order valence-corrected chi connectivity index (χ2v) is 4.16. The second-order valence-electron chi connectivity index (χ2n) is 4.16. The van der Waals surface area contributed by atoms with E-state index in [4.69, 9.17) is 9.47 Å². The first-order chi connectivity index (χ1) is 8.72. The van der Waals surface area contributed by atoms with Gasteiger partial charge in [-0.2, -0.15) is 0 Å². The SMILES string of the molecule is CCNCCNCc1cc(OC)c(C)cc1OC. The zero-order valence-electron chi connectivity index (χ0n) is 11.8. The number of hydrogen-bond donors (Lipinski definition) is 2. The van der Waals surface area contributed by atoms with Gasteiger partial charge in [0.2, 0.25) is 0 Å².